The third-order valence-electron chi connectivity index (χ3n) is 4.30. The van der Waals surface area contributed by atoms with Crippen LogP contribution >= 0.6 is 0 Å². The van der Waals surface area contributed by atoms with Crippen LogP contribution in [0.15, 0.2) is 27.5 Å². The standard InChI is InChI=1S/C15H18N6O2/c1-10-18-19-15(23-10)11-3-6-20(7-4-11)9-12-8-14(22)21-13(17-12)2-5-16-21/h2,5,8,11,16H,3-4,6-7,9H2,1H3. The Morgan fingerprint density at radius 3 is 2.91 bits per heavy atom. The number of aromatic amines is 1. The van der Waals surface area contributed by atoms with Gasteiger partial charge in [0.15, 0.2) is 5.65 Å². The predicted molar refractivity (Wildman–Crippen MR) is 82.1 cm³/mol. The van der Waals surface area contributed by atoms with Crippen LogP contribution in [-0.4, -0.2) is 42.8 Å². The minimum Gasteiger partial charge on any atom is -0.425 e. The molecule has 0 amide bonds. The minimum atomic E-state index is -0.0776. The van der Waals surface area contributed by atoms with Crippen LogP contribution in [0.2, 0.25) is 0 Å². The molecule has 1 saturated heterocycles. The summed E-state index contributed by atoms with van der Waals surface area (Å²) in [6.45, 7) is 4.36. The van der Waals surface area contributed by atoms with Crippen LogP contribution in [-0.2, 0) is 6.54 Å². The number of aromatic nitrogens is 5. The lowest BCUT2D eigenvalue weighted by molar-refractivity contribution is 0.190. The third-order valence-corrected chi connectivity index (χ3v) is 4.30. The second kappa shape index (κ2) is 5.62. The van der Waals surface area contributed by atoms with E-state index in [1.165, 1.54) is 4.52 Å². The number of likely N-dealkylation sites (tertiary alicyclic amines) is 1. The lowest BCUT2D eigenvalue weighted by Crippen LogP contribution is -2.33. The van der Waals surface area contributed by atoms with Gasteiger partial charge in [0.05, 0.1) is 5.69 Å². The maximum absolute atomic E-state index is 12.0. The van der Waals surface area contributed by atoms with Gasteiger partial charge in [0.25, 0.3) is 5.56 Å². The Kier molecular flexibility index (Phi) is 3.45. The monoisotopic (exact) mass is 314 g/mol. The summed E-state index contributed by atoms with van der Waals surface area (Å²) in [6, 6.07) is 3.39. The van der Waals surface area contributed by atoms with E-state index >= 15 is 0 Å². The van der Waals surface area contributed by atoms with Gasteiger partial charge in [-0.15, -0.1) is 10.2 Å². The fourth-order valence-electron chi connectivity index (χ4n) is 3.10. The zero-order chi connectivity index (χ0) is 15.8. The zero-order valence-corrected chi connectivity index (χ0v) is 12.9. The topological polar surface area (TPSA) is 92.3 Å². The SMILES string of the molecule is Cc1nnc(C2CCN(Cc3cc(=O)n4[nH]ccc4n3)CC2)o1. The molecule has 8 nitrogen and oxygen atoms in total. The highest BCUT2D eigenvalue weighted by Crippen LogP contribution is 2.27. The Morgan fingerprint density at radius 2 is 2.17 bits per heavy atom. The third kappa shape index (κ3) is 2.77. The molecule has 120 valence electrons. The van der Waals surface area contributed by atoms with Crippen molar-refractivity contribution < 1.29 is 4.42 Å². The van der Waals surface area contributed by atoms with Crippen molar-refractivity contribution in [3.8, 4) is 0 Å². The van der Waals surface area contributed by atoms with Crippen LogP contribution < -0.4 is 5.56 Å². The molecule has 3 aromatic rings. The Hall–Kier alpha value is -2.48. The van der Waals surface area contributed by atoms with Gasteiger partial charge in [-0.25, -0.2) is 9.50 Å². The lowest BCUT2D eigenvalue weighted by atomic mass is 9.97. The van der Waals surface area contributed by atoms with Crippen molar-refractivity contribution in [3.63, 3.8) is 0 Å². The number of hydrogen-bond donors (Lipinski definition) is 1. The van der Waals surface area contributed by atoms with E-state index in [4.69, 9.17) is 4.42 Å². The Balaban J connectivity index is 1.43. The second-order valence-electron chi connectivity index (χ2n) is 5.95. The van der Waals surface area contributed by atoms with Crippen molar-refractivity contribution in [2.45, 2.75) is 32.2 Å². The molecule has 4 rings (SSSR count). The smallest absolute Gasteiger partial charge is 0.272 e. The van der Waals surface area contributed by atoms with Crippen molar-refractivity contribution in [1.29, 1.82) is 0 Å². The molecule has 1 N–H and O–H groups in total. The number of rotatable bonds is 3. The Labute approximate surface area is 132 Å². The molecule has 3 aromatic heterocycles. The molecule has 23 heavy (non-hydrogen) atoms. The summed E-state index contributed by atoms with van der Waals surface area (Å²) in [5, 5.41) is 10.9. The van der Waals surface area contributed by atoms with Crippen LogP contribution in [0.4, 0.5) is 0 Å². The molecule has 1 aliphatic rings. The Morgan fingerprint density at radius 1 is 1.35 bits per heavy atom. The molecule has 0 radical (unpaired) electrons. The van der Waals surface area contributed by atoms with Crippen LogP contribution in [0.1, 0.15) is 36.2 Å². The second-order valence-corrected chi connectivity index (χ2v) is 5.95. The molecule has 0 unspecified atom stereocenters. The highest BCUT2D eigenvalue weighted by molar-refractivity contribution is 5.36. The number of piperidine rings is 1. The molecule has 0 atom stereocenters. The molecule has 8 heteroatoms. The molecule has 1 aliphatic heterocycles. The molecule has 0 aromatic carbocycles. The summed E-state index contributed by atoms with van der Waals surface area (Å²) in [5.74, 6) is 1.69. The van der Waals surface area contributed by atoms with Crippen molar-refractivity contribution in [1.82, 2.24) is 29.7 Å². The fourth-order valence-corrected chi connectivity index (χ4v) is 3.10. The average Bonchev–Trinajstić information content (AvgIpc) is 3.17. The van der Waals surface area contributed by atoms with Gasteiger partial charge in [-0.1, -0.05) is 0 Å². The minimum absolute atomic E-state index is 0.0776. The number of nitrogens with one attached hydrogen (secondary N) is 1. The molecule has 0 bridgehead atoms. The van der Waals surface area contributed by atoms with E-state index in [9.17, 15) is 4.79 Å². The first-order chi connectivity index (χ1) is 11.2. The maximum Gasteiger partial charge on any atom is 0.272 e. The van der Waals surface area contributed by atoms with Gasteiger partial charge in [-0.3, -0.25) is 14.8 Å². The quantitative estimate of drug-likeness (QED) is 0.778. The van der Waals surface area contributed by atoms with Gasteiger partial charge >= 0.3 is 0 Å². The van der Waals surface area contributed by atoms with Crippen molar-refractivity contribution in [2.75, 3.05) is 13.1 Å². The summed E-state index contributed by atoms with van der Waals surface area (Å²) >= 11 is 0. The largest absolute Gasteiger partial charge is 0.425 e. The van der Waals surface area contributed by atoms with Crippen LogP contribution in [0.5, 0.6) is 0 Å². The highest BCUT2D eigenvalue weighted by Gasteiger charge is 2.25. The van der Waals surface area contributed by atoms with Crippen molar-refractivity contribution in [2.24, 2.45) is 0 Å². The Bertz CT molecular complexity index is 871. The van der Waals surface area contributed by atoms with Gasteiger partial charge < -0.3 is 4.42 Å². The van der Waals surface area contributed by atoms with E-state index in [-0.39, 0.29) is 5.56 Å². The van der Waals surface area contributed by atoms with Crippen molar-refractivity contribution >= 4 is 5.65 Å². The molecular weight excluding hydrogens is 296 g/mol. The summed E-state index contributed by atoms with van der Waals surface area (Å²) in [6.07, 6.45) is 3.67. The van der Waals surface area contributed by atoms with E-state index in [1.807, 2.05) is 6.92 Å². The van der Waals surface area contributed by atoms with E-state index in [2.05, 4.69) is 25.2 Å². The van der Waals surface area contributed by atoms with Crippen LogP contribution in [0.3, 0.4) is 0 Å². The number of hydrogen-bond acceptors (Lipinski definition) is 6. The van der Waals surface area contributed by atoms with Crippen LogP contribution in [0, 0.1) is 6.92 Å². The molecule has 0 saturated carbocycles. The average molecular weight is 314 g/mol. The molecule has 4 heterocycles. The zero-order valence-electron chi connectivity index (χ0n) is 12.9. The number of H-pyrrole nitrogens is 1. The molecular formula is C15H18N6O2. The van der Waals surface area contributed by atoms with Gasteiger partial charge in [0, 0.05) is 37.7 Å². The van der Waals surface area contributed by atoms with E-state index in [0.29, 0.717) is 24.0 Å². The van der Waals surface area contributed by atoms with Gasteiger partial charge in [-0.05, 0) is 25.9 Å². The van der Waals surface area contributed by atoms with Gasteiger partial charge in [0.2, 0.25) is 11.8 Å². The van der Waals surface area contributed by atoms with E-state index < -0.39 is 0 Å². The van der Waals surface area contributed by atoms with Crippen molar-refractivity contribution in [3.05, 3.63) is 46.2 Å². The first-order valence-corrected chi connectivity index (χ1v) is 7.77. The predicted octanol–water partition coefficient (Wildman–Crippen LogP) is 1.09. The summed E-state index contributed by atoms with van der Waals surface area (Å²) < 4.78 is 6.97. The van der Waals surface area contributed by atoms with Crippen LogP contribution in [0.25, 0.3) is 5.65 Å². The summed E-state index contributed by atoms with van der Waals surface area (Å²) in [7, 11) is 0. The summed E-state index contributed by atoms with van der Waals surface area (Å²) in [5.41, 5.74) is 1.39. The highest BCUT2D eigenvalue weighted by atomic mass is 16.4. The van der Waals surface area contributed by atoms with E-state index in [0.717, 1.165) is 37.5 Å². The maximum atomic E-state index is 12.0. The normalized spacial score (nSPS) is 17.1. The van der Waals surface area contributed by atoms with E-state index in [1.54, 1.807) is 18.3 Å². The molecule has 1 fully saturated rings. The van der Waals surface area contributed by atoms with Gasteiger partial charge in [-0.2, -0.15) is 0 Å². The first kappa shape index (κ1) is 14.1. The number of nitrogens with zero attached hydrogens (tertiary/aromatic N) is 5. The first-order valence-electron chi connectivity index (χ1n) is 7.77. The fraction of sp³-hybridized carbons (Fsp3) is 0.467. The number of aryl methyl sites for hydroxylation is 1. The molecule has 0 spiro atoms. The summed E-state index contributed by atoms with van der Waals surface area (Å²) in [4.78, 5) is 18.8. The lowest BCUT2D eigenvalue weighted by Gasteiger charge is -2.29. The van der Waals surface area contributed by atoms with Gasteiger partial charge in [0.1, 0.15) is 0 Å². The molecule has 0 aliphatic carbocycles. The number of fused-ring (bicyclic) bond motifs is 1.